The average Bonchev–Trinajstić information content (AvgIpc) is 2.86. The van der Waals surface area contributed by atoms with Crippen LogP contribution in [0.25, 0.3) is 0 Å². The number of nitrogens with one attached hydrogen (secondary N) is 2. The van der Waals surface area contributed by atoms with Crippen LogP contribution in [0.3, 0.4) is 0 Å². The number of hydrogen-bond donors (Lipinski definition) is 3. The van der Waals surface area contributed by atoms with Crippen molar-refractivity contribution in [3.63, 3.8) is 0 Å². The zero-order valence-electron chi connectivity index (χ0n) is 10.1. The Labute approximate surface area is 103 Å². The molecule has 0 radical (unpaired) electrons. The molecule has 2 aromatic rings. The molecule has 0 saturated heterocycles. The summed E-state index contributed by atoms with van der Waals surface area (Å²) in [5.74, 6) is 0.446. The van der Waals surface area contributed by atoms with Crippen LogP contribution in [0.4, 0.5) is 11.6 Å². The highest BCUT2D eigenvalue weighted by Crippen LogP contribution is 2.10. The molecule has 0 fully saturated rings. The van der Waals surface area contributed by atoms with E-state index in [-0.39, 0.29) is 5.91 Å². The average molecular weight is 250 g/mol. The number of H-pyrrole nitrogens is 1. The molecule has 0 aromatic carbocycles. The van der Waals surface area contributed by atoms with E-state index in [1.165, 1.54) is 10.7 Å². The number of amides is 1. The molecule has 8 nitrogen and oxygen atoms in total. The van der Waals surface area contributed by atoms with Gasteiger partial charge in [-0.2, -0.15) is 10.2 Å². The van der Waals surface area contributed by atoms with E-state index in [0.717, 1.165) is 0 Å². The van der Waals surface area contributed by atoms with Gasteiger partial charge < -0.3 is 15.8 Å². The zero-order valence-corrected chi connectivity index (χ0v) is 10.1. The normalized spacial score (nSPS) is 10.6. The number of carbonyl (C=O) groups is 1. The van der Waals surface area contributed by atoms with E-state index >= 15 is 0 Å². The van der Waals surface area contributed by atoms with Crippen LogP contribution in [0.2, 0.25) is 0 Å². The second kappa shape index (κ2) is 4.88. The minimum absolute atomic E-state index is 0.307. The highest BCUT2D eigenvalue weighted by molar-refractivity contribution is 6.02. The van der Waals surface area contributed by atoms with Crippen LogP contribution < -0.4 is 11.1 Å². The van der Waals surface area contributed by atoms with Crippen molar-refractivity contribution in [1.29, 1.82) is 0 Å². The lowest BCUT2D eigenvalue weighted by Crippen LogP contribution is -2.16. The van der Waals surface area contributed by atoms with Crippen LogP contribution in [0.15, 0.2) is 12.1 Å². The van der Waals surface area contributed by atoms with Crippen LogP contribution in [0.1, 0.15) is 16.2 Å². The molecule has 4 N–H and O–H groups in total. The molecule has 2 aromatic heterocycles. The maximum absolute atomic E-state index is 12.0. The Morgan fingerprint density at radius 2 is 2.39 bits per heavy atom. The minimum Gasteiger partial charge on any atom is -0.384 e. The second-order valence-electron chi connectivity index (χ2n) is 3.74. The van der Waals surface area contributed by atoms with E-state index in [0.29, 0.717) is 29.6 Å². The van der Waals surface area contributed by atoms with Crippen molar-refractivity contribution < 1.29 is 9.53 Å². The number of nitrogens with zero attached hydrogens (tertiary/aromatic N) is 3. The van der Waals surface area contributed by atoms with Gasteiger partial charge in [0.25, 0.3) is 5.91 Å². The lowest BCUT2D eigenvalue weighted by atomic mass is 10.3. The standard InChI is InChI=1S/C10H14N6O2/c1-16-7(3-6(15-16)5-18-2)10(17)12-9-4-8(11)13-14-9/h3-4H,5H2,1-2H3,(H4,11,12,13,14,17). The smallest absolute Gasteiger partial charge is 0.275 e. The zero-order chi connectivity index (χ0) is 13.1. The van der Waals surface area contributed by atoms with Crippen molar-refractivity contribution >= 4 is 17.5 Å². The summed E-state index contributed by atoms with van der Waals surface area (Å²) in [6.07, 6.45) is 0. The highest BCUT2D eigenvalue weighted by atomic mass is 16.5. The van der Waals surface area contributed by atoms with Crippen LogP contribution >= 0.6 is 0 Å². The Hall–Kier alpha value is -2.35. The topological polar surface area (TPSA) is 111 Å². The predicted octanol–water partition coefficient (Wildman–Crippen LogP) is 0.124. The first kappa shape index (κ1) is 12.1. The van der Waals surface area contributed by atoms with Crippen molar-refractivity contribution in [3.05, 3.63) is 23.5 Å². The van der Waals surface area contributed by atoms with Crippen LogP contribution in [0.5, 0.6) is 0 Å². The first-order chi connectivity index (χ1) is 8.60. The van der Waals surface area contributed by atoms with Gasteiger partial charge in [0.2, 0.25) is 0 Å². The van der Waals surface area contributed by atoms with E-state index < -0.39 is 0 Å². The summed E-state index contributed by atoms with van der Waals surface area (Å²) in [7, 11) is 3.26. The summed E-state index contributed by atoms with van der Waals surface area (Å²) in [4.78, 5) is 12.0. The van der Waals surface area contributed by atoms with E-state index in [2.05, 4.69) is 20.6 Å². The minimum atomic E-state index is -0.307. The quantitative estimate of drug-likeness (QED) is 0.714. The van der Waals surface area contributed by atoms with Gasteiger partial charge in [0, 0.05) is 20.2 Å². The third-order valence-corrected chi connectivity index (χ3v) is 2.29. The molecule has 0 unspecified atom stereocenters. The lowest BCUT2D eigenvalue weighted by Gasteiger charge is -2.00. The Morgan fingerprint density at radius 1 is 1.61 bits per heavy atom. The summed E-state index contributed by atoms with van der Waals surface area (Å²) < 4.78 is 6.44. The predicted molar refractivity (Wildman–Crippen MR) is 64.9 cm³/mol. The summed E-state index contributed by atoms with van der Waals surface area (Å²) in [6, 6.07) is 3.19. The fourth-order valence-electron chi connectivity index (χ4n) is 1.54. The Bertz CT molecular complexity index is 558. The van der Waals surface area contributed by atoms with Gasteiger partial charge in [-0.05, 0) is 6.07 Å². The summed E-state index contributed by atoms with van der Waals surface area (Å²) in [5.41, 5.74) is 6.57. The summed E-state index contributed by atoms with van der Waals surface area (Å²) in [6.45, 7) is 0.358. The maximum atomic E-state index is 12.0. The Balaban J connectivity index is 2.13. The molecule has 0 aliphatic carbocycles. The van der Waals surface area contributed by atoms with Crippen LogP contribution in [-0.2, 0) is 18.4 Å². The molecule has 0 bridgehead atoms. The summed E-state index contributed by atoms with van der Waals surface area (Å²) >= 11 is 0. The Morgan fingerprint density at radius 3 is 3.00 bits per heavy atom. The molecular weight excluding hydrogens is 236 g/mol. The molecule has 1 amide bonds. The number of methoxy groups -OCH3 is 1. The number of anilines is 2. The number of hydrogen-bond acceptors (Lipinski definition) is 5. The maximum Gasteiger partial charge on any atom is 0.275 e. The molecular formula is C10H14N6O2. The third kappa shape index (κ3) is 2.48. The number of aromatic nitrogens is 4. The molecule has 2 heterocycles. The van der Waals surface area contributed by atoms with Gasteiger partial charge in [-0.3, -0.25) is 14.6 Å². The number of nitrogen functional groups attached to an aromatic ring is 1. The SMILES string of the molecule is COCc1cc(C(=O)Nc2cc(N)[nH]n2)n(C)n1. The number of nitrogens with two attached hydrogens (primary N) is 1. The molecule has 96 valence electrons. The fourth-order valence-corrected chi connectivity index (χ4v) is 1.54. The van der Waals surface area contributed by atoms with Crippen LogP contribution in [-0.4, -0.2) is 33.0 Å². The van der Waals surface area contributed by atoms with Crippen molar-refractivity contribution in [1.82, 2.24) is 20.0 Å². The fraction of sp³-hybridized carbons (Fsp3) is 0.300. The van der Waals surface area contributed by atoms with E-state index in [4.69, 9.17) is 10.5 Å². The third-order valence-electron chi connectivity index (χ3n) is 2.29. The molecule has 0 atom stereocenters. The molecule has 8 heteroatoms. The van der Waals surface area contributed by atoms with Gasteiger partial charge in [0.05, 0.1) is 12.3 Å². The van der Waals surface area contributed by atoms with Crippen molar-refractivity contribution in [3.8, 4) is 0 Å². The lowest BCUT2D eigenvalue weighted by molar-refractivity contribution is 0.101. The number of rotatable bonds is 4. The molecule has 0 aliphatic heterocycles. The van der Waals surface area contributed by atoms with E-state index in [9.17, 15) is 4.79 Å². The number of aryl methyl sites for hydroxylation is 1. The van der Waals surface area contributed by atoms with Gasteiger partial charge >= 0.3 is 0 Å². The van der Waals surface area contributed by atoms with E-state index in [1.807, 2.05) is 0 Å². The van der Waals surface area contributed by atoms with Crippen molar-refractivity contribution in [2.45, 2.75) is 6.61 Å². The number of ether oxygens (including phenoxy) is 1. The van der Waals surface area contributed by atoms with Gasteiger partial charge in [-0.15, -0.1) is 0 Å². The molecule has 0 aliphatic rings. The monoisotopic (exact) mass is 250 g/mol. The first-order valence-electron chi connectivity index (χ1n) is 5.24. The molecule has 0 saturated carbocycles. The largest absolute Gasteiger partial charge is 0.384 e. The van der Waals surface area contributed by atoms with Gasteiger partial charge in [-0.1, -0.05) is 0 Å². The van der Waals surface area contributed by atoms with Crippen molar-refractivity contribution in [2.24, 2.45) is 7.05 Å². The van der Waals surface area contributed by atoms with Gasteiger partial charge in [0.15, 0.2) is 5.82 Å². The highest BCUT2D eigenvalue weighted by Gasteiger charge is 2.14. The molecule has 0 spiro atoms. The Kier molecular flexibility index (Phi) is 3.28. The second-order valence-corrected chi connectivity index (χ2v) is 3.74. The first-order valence-corrected chi connectivity index (χ1v) is 5.24. The van der Waals surface area contributed by atoms with E-state index in [1.54, 1.807) is 20.2 Å². The number of carbonyl (C=O) groups excluding carboxylic acids is 1. The van der Waals surface area contributed by atoms with Gasteiger partial charge in [-0.25, -0.2) is 0 Å². The van der Waals surface area contributed by atoms with Gasteiger partial charge in [0.1, 0.15) is 11.5 Å². The van der Waals surface area contributed by atoms with Crippen LogP contribution in [0, 0.1) is 0 Å². The number of aromatic amines is 1. The molecule has 18 heavy (non-hydrogen) atoms. The molecule has 2 rings (SSSR count). The van der Waals surface area contributed by atoms with Crippen molar-refractivity contribution in [2.75, 3.05) is 18.2 Å². The summed E-state index contributed by atoms with van der Waals surface area (Å²) in [5, 5.41) is 13.1.